The van der Waals surface area contributed by atoms with Crippen LogP contribution in [0.5, 0.6) is 5.75 Å². The van der Waals surface area contributed by atoms with E-state index in [9.17, 15) is 5.11 Å². The number of rotatable bonds is 0. The summed E-state index contributed by atoms with van der Waals surface area (Å²) in [6, 6.07) is 10.8. The van der Waals surface area contributed by atoms with Crippen LogP contribution in [0.25, 0.3) is 0 Å². The van der Waals surface area contributed by atoms with Gasteiger partial charge < -0.3 is 14.9 Å². The third kappa shape index (κ3) is 2.07. The smallest absolute Gasteiger partial charge is 0.134 e. The maximum atomic E-state index is 9.78. The van der Waals surface area contributed by atoms with Crippen molar-refractivity contribution in [2.24, 2.45) is 0 Å². The summed E-state index contributed by atoms with van der Waals surface area (Å²) < 4.78 is 0. The Hall–Kier alpha value is -2.07. The molecule has 1 aromatic heterocycles. The monoisotopic (exact) mass is 281 g/mol. The average molecular weight is 281 g/mol. The highest BCUT2D eigenvalue weighted by Crippen LogP contribution is 2.38. The molecule has 108 valence electrons. The van der Waals surface area contributed by atoms with Crippen LogP contribution >= 0.6 is 0 Å². The van der Waals surface area contributed by atoms with E-state index in [1.165, 1.54) is 11.1 Å². The van der Waals surface area contributed by atoms with Gasteiger partial charge in [-0.05, 0) is 24.2 Å². The fraction of sp³-hybridized carbons (Fsp3) is 0.353. The predicted molar refractivity (Wildman–Crippen MR) is 82.7 cm³/mol. The number of aromatic hydroxyl groups is 1. The van der Waals surface area contributed by atoms with Gasteiger partial charge in [-0.1, -0.05) is 24.3 Å². The van der Waals surface area contributed by atoms with Gasteiger partial charge in [-0.3, -0.25) is 0 Å². The summed E-state index contributed by atoms with van der Waals surface area (Å²) in [7, 11) is 2.18. The van der Waals surface area contributed by atoms with E-state index in [4.69, 9.17) is 0 Å². The molecule has 0 radical (unpaired) electrons. The molecule has 1 atom stereocenters. The Bertz CT molecular complexity index is 685. The Morgan fingerprint density at radius 3 is 2.95 bits per heavy atom. The first-order chi connectivity index (χ1) is 10.2. The molecule has 4 rings (SSSR count). The minimum atomic E-state index is 0.249. The largest absolute Gasteiger partial charge is 0.506 e. The second-order valence-corrected chi connectivity index (χ2v) is 6.02. The predicted octanol–water partition coefficient (Wildman–Crippen LogP) is 2.18. The van der Waals surface area contributed by atoms with Gasteiger partial charge >= 0.3 is 0 Å². The molecular weight excluding hydrogens is 262 g/mol. The second-order valence-electron chi connectivity index (χ2n) is 6.02. The first-order valence-corrected chi connectivity index (χ1v) is 7.43. The molecule has 1 unspecified atom stereocenters. The van der Waals surface area contributed by atoms with E-state index in [0.717, 1.165) is 37.4 Å². The van der Waals surface area contributed by atoms with Crippen molar-refractivity contribution < 1.29 is 5.11 Å². The third-order valence-electron chi connectivity index (χ3n) is 4.58. The Labute approximate surface area is 124 Å². The number of piperazine rings is 1. The molecule has 0 saturated carbocycles. The Balaban J connectivity index is 1.90. The minimum absolute atomic E-state index is 0.249. The lowest BCUT2D eigenvalue weighted by atomic mass is 9.96. The number of benzene rings is 1. The van der Waals surface area contributed by atoms with Crippen molar-refractivity contribution in [3.8, 4) is 5.75 Å². The molecule has 1 fully saturated rings. The zero-order valence-corrected chi connectivity index (χ0v) is 12.2. The fourth-order valence-corrected chi connectivity index (χ4v) is 3.54. The Morgan fingerprint density at radius 2 is 2.05 bits per heavy atom. The van der Waals surface area contributed by atoms with Gasteiger partial charge in [0.25, 0.3) is 0 Å². The van der Waals surface area contributed by atoms with Gasteiger partial charge in [0.2, 0.25) is 0 Å². The Kier molecular flexibility index (Phi) is 2.86. The van der Waals surface area contributed by atoms with Crippen LogP contribution in [0.15, 0.2) is 36.5 Å². The summed E-state index contributed by atoms with van der Waals surface area (Å²) in [5, 5.41) is 9.78. The topological polar surface area (TPSA) is 39.6 Å². The number of aromatic nitrogens is 1. The molecule has 0 amide bonds. The molecule has 21 heavy (non-hydrogen) atoms. The zero-order valence-electron chi connectivity index (χ0n) is 12.2. The molecule has 2 aliphatic rings. The highest BCUT2D eigenvalue weighted by molar-refractivity contribution is 5.57. The second kappa shape index (κ2) is 4.74. The quantitative estimate of drug-likeness (QED) is 0.803. The summed E-state index contributed by atoms with van der Waals surface area (Å²) in [5.74, 6) is 1.28. The van der Waals surface area contributed by atoms with Gasteiger partial charge in [-0.2, -0.15) is 0 Å². The maximum Gasteiger partial charge on any atom is 0.134 e. The summed E-state index contributed by atoms with van der Waals surface area (Å²) in [5.41, 5.74) is 3.85. The number of anilines is 1. The normalized spacial score (nSPS) is 21.2. The van der Waals surface area contributed by atoms with E-state index >= 15 is 0 Å². The number of likely N-dealkylation sites (N-methyl/N-ethyl adjacent to an activating group) is 1. The van der Waals surface area contributed by atoms with Gasteiger partial charge in [-0.15, -0.1) is 0 Å². The van der Waals surface area contributed by atoms with E-state index in [1.807, 2.05) is 6.07 Å². The van der Waals surface area contributed by atoms with Crippen LogP contribution in [0, 0.1) is 0 Å². The average Bonchev–Trinajstić information content (AvgIpc) is 2.61. The maximum absolute atomic E-state index is 9.78. The van der Waals surface area contributed by atoms with E-state index in [-0.39, 0.29) is 5.75 Å². The van der Waals surface area contributed by atoms with Crippen LogP contribution < -0.4 is 4.90 Å². The van der Waals surface area contributed by atoms with E-state index in [2.05, 4.69) is 46.1 Å². The van der Waals surface area contributed by atoms with Gasteiger partial charge in [0.15, 0.2) is 0 Å². The zero-order chi connectivity index (χ0) is 14.4. The lowest BCUT2D eigenvalue weighted by Gasteiger charge is -2.41. The van der Waals surface area contributed by atoms with Crippen molar-refractivity contribution in [1.82, 2.24) is 9.88 Å². The molecule has 0 spiro atoms. The molecule has 2 aromatic rings. The summed E-state index contributed by atoms with van der Waals surface area (Å²) in [6.07, 6.45) is 2.40. The van der Waals surface area contributed by atoms with Crippen LogP contribution in [0.3, 0.4) is 0 Å². The van der Waals surface area contributed by atoms with Gasteiger partial charge in [-0.25, -0.2) is 4.98 Å². The fourth-order valence-electron chi connectivity index (χ4n) is 3.54. The van der Waals surface area contributed by atoms with E-state index in [0.29, 0.717) is 6.04 Å². The molecular formula is C17H19N3O. The minimum Gasteiger partial charge on any atom is -0.506 e. The van der Waals surface area contributed by atoms with Crippen LogP contribution in [0.2, 0.25) is 0 Å². The van der Waals surface area contributed by atoms with Crippen LogP contribution in [-0.4, -0.2) is 41.7 Å². The number of nitrogens with zero attached hydrogens (tertiary/aromatic N) is 3. The van der Waals surface area contributed by atoms with Crippen LogP contribution in [0.4, 0.5) is 5.82 Å². The van der Waals surface area contributed by atoms with Crippen LogP contribution in [-0.2, 0) is 6.42 Å². The SMILES string of the molecule is CN1CCN2c3ncc(O)cc3Cc3ccccc3C2C1. The van der Waals surface area contributed by atoms with Crippen molar-refractivity contribution in [2.75, 3.05) is 31.6 Å². The highest BCUT2D eigenvalue weighted by Gasteiger charge is 2.32. The standard InChI is InChI=1S/C17H19N3O/c1-19-6-7-20-16(11-19)15-5-3-2-4-12(15)8-13-9-14(21)10-18-17(13)20/h2-5,9-10,16,21H,6-8,11H2,1H3. The van der Waals surface area contributed by atoms with Crippen molar-refractivity contribution >= 4 is 5.82 Å². The summed E-state index contributed by atoms with van der Waals surface area (Å²) in [4.78, 5) is 9.31. The summed E-state index contributed by atoms with van der Waals surface area (Å²) >= 11 is 0. The van der Waals surface area contributed by atoms with Crippen LogP contribution in [0.1, 0.15) is 22.7 Å². The third-order valence-corrected chi connectivity index (χ3v) is 4.58. The number of fused-ring (bicyclic) bond motifs is 5. The van der Waals surface area contributed by atoms with Gasteiger partial charge in [0.05, 0.1) is 12.2 Å². The number of pyridine rings is 1. The molecule has 4 nitrogen and oxygen atoms in total. The number of hydrogen-bond acceptors (Lipinski definition) is 4. The molecule has 2 aliphatic heterocycles. The molecule has 1 saturated heterocycles. The number of hydrogen-bond donors (Lipinski definition) is 1. The molecule has 4 heteroatoms. The highest BCUT2D eigenvalue weighted by atomic mass is 16.3. The van der Waals surface area contributed by atoms with Gasteiger partial charge in [0, 0.05) is 31.6 Å². The summed E-state index contributed by atoms with van der Waals surface area (Å²) in [6.45, 7) is 3.03. The van der Waals surface area contributed by atoms with Gasteiger partial charge in [0.1, 0.15) is 11.6 Å². The first-order valence-electron chi connectivity index (χ1n) is 7.43. The van der Waals surface area contributed by atoms with Crippen molar-refractivity contribution in [3.05, 3.63) is 53.2 Å². The van der Waals surface area contributed by atoms with Crippen molar-refractivity contribution in [2.45, 2.75) is 12.5 Å². The molecule has 1 aromatic carbocycles. The van der Waals surface area contributed by atoms with Crippen molar-refractivity contribution in [1.29, 1.82) is 0 Å². The first kappa shape index (κ1) is 12.7. The molecule has 0 aliphatic carbocycles. The molecule has 1 N–H and O–H groups in total. The molecule has 3 heterocycles. The van der Waals surface area contributed by atoms with E-state index in [1.54, 1.807) is 6.20 Å². The van der Waals surface area contributed by atoms with Crippen molar-refractivity contribution in [3.63, 3.8) is 0 Å². The van der Waals surface area contributed by atoms with E-state index < -0.39 is 0 Å². The lowest BCUT2D eigenvalue weighted by Crippen LogP contribution is -2.47. The Morgan fingerprint density at radius 1 is 1.19 bits per heavy atom. The molecule has 0 bridgehead atoms. The lowest BCUT2D eigenvalue weighted by molar-refractivity contribution is 0.268.